The van der Waals surface area contributed by atoms with Crippen molar-refractivity contribution < 1.29 is 18.0 Å². The fraction of sp³-hybridized carbons (Fsp3) is 0.385. The first-order valence-electron chi connectivity index (χ1n) is 6.62. The Bertz CT molecular complexity index is 653. The van der Waals surface area contributed by atoms with Crippen LogP contribution >= 0.6 is 0 Å². The second-order valence-electron chi connectivity index (χ2n) is 4.57. The number of amides is 1. The van der Waals surface area contributed by atoms with Gasteiger partial charge in [-0.3, -0.25) is 4.79 Å². The maximum atomic E-state index is 12.7. The van der Waals surface area contributed by atoms with E-state index in [1.54, 1.807) is 0 Å². The summed E-state index contributed by atoms with van der Waals surface area (Å²) in [6.45, 7) is 2.32. The van der Waals surface area contributed by atoms with Crippen LogP contribution in [0.15, 0.2) is 24.3 Å². The maximum absolute atomic E-state index is 12.7. The highest BCUT2D eigenvalue weighted by atomic mass is 19.4. The van der Waals surface area contributed by atoms with E-state index in [2.05, 4.69) is 20.7 Å². The Morgan fingerprint density at radius 1 is 1.36 bits per heavy atom. The lowest BCUT2D eigenvalue weighted by Gasteiger charge is -2.06. The third-order valence-corrected chi connectivity index (χ3v) is 2.76. The van der Waals surface area contributed by atoms with Gasteiger partial charge >= 0.3 is 6.18 Å². The standard InChI is InChI=1S/C13H14F3N5O/c1-2-6-17-11(22)8-21-19-12(18-20-21)9-4-3-5-10(7-9)13(14,15)16/h3-5,7H,2,6,8H2,1H3,(H,17,22). The summed E-state index contributed by atoms with van der Waals surface area (Å²) in [6.07, 6.45) is -3.64. The van der Waals surface area contributed by atoms with Crippen LogP contribution in [-0.2, 0) is 17.5 Å². The molecular weight excluding hydrogens is 299 g/mol. The molecule has 0 radical (unpaired) electrons. The first-order chi connectivity index (χ1) is 10.4. The van der Waals surface area contributed by atoms with Crippen LogP contribution in [-0.4, -0.2) is 32.7 Å². The Kier molecular flexibility index (Phi) is 4.74. The normalized spacial score (nSPS) is 11.5. The van der Waals surface area contributed by atoms with Crippen molar-refractivity contribution in [2.45, 2.75) is 26.1 Å². The highest BCUT2D eigenvalue weighted by molar-refractivity contribution is 5.75. The molecule has 1 aromatic heterocycles. The van der Waals surface area contributed by atoms with Crippen molar-refractivity contribution in [2.24, 2.45) is 0 Å². The number of rotatable bonds is 5. The summed E-state index contributed by atoms with van der Waals surface area (Å²) in [5, 5.41) is 13.9. The van der Waals surface area contributed by atoms with E-state index in [1.807, 2.05) is 6.92 Å². The number of nitrogens with zero attached hydrogens (tertiary/aromatic N) is 4. The van der Waals surface area contributed by atoms with Gasteiger partial charge in [0.2, 0.25) is 11.7 Å². The van der Waals surface area contributed by atoms with Crippen molar-refractivity contribution in [2.75, 3.05) is 6.54 Å². The SMILES string of the molecule is CCCNC(=O)Cn1nnc(-c2cccc(C(F)(F)F)c2)n1. The van der Waals surface area contributed by atoms with Crippen molar-refractivity contribution in [1.29, 1.82) is 0 Å². The molecule has 0 aliphatic carbocycles. The maximum Gasteiger partial charge on any atom is 0.416 e. The number of halogens is 3. The van der Waals surface area contributed by atoms with Gasteiger partial charge in [0.05, 0.1) is 5.56 Å². The van der Waals surface area contributed by atoms with Gasteiger partial charge in [-0.05, 0) is 23.8 Å². The van der Waals surface area contributed by atoms with Gasteiger partial charge < -0.3 is 5.32 Å². The van der Waals surface area contributed by atoms with Crippen molar-refractivity contribution in [3.63, 3.8) is 0 Å². The molecule has 0 saturated heterocycles. The lowest BCUT2D eigenvalue weighted by Crippen LogP contribution is -2.29. The first-order valence-corrected chi connectivity index (χ1v) is 6.62. The highest BCUT2D eigenvalue weighted by Gasteiger charge is 2.30. The predicted octanol–water partition coefficient (Wildman–Crippen LogP) is 1.89. The molecule has 2 rings (SSSR count). The van der Waals surface area contributed by atoms with E-state index in [4.69, 9.17) is 0 Å². The highest BCUT2D eigenvalue weighted by Crippen LogP contribution is 2.31. The minimum absolute atomic E-state index is 0.0365. The third-order valence-electron chi connectivity index (χ3n) is 2.76. The Hall–Kier alpha value is -2.45. The molecule has 0 spiro atoms. The summed E-state index contributed by atoms with van der Waals surface area (Å²) in [6, 6.07) is 4.63. The summed E-state index contributed by atoms with van der Waals surface area (Å²) >= 11 is 0. The van der Waals surface area contributed by atoms with E-state index < -0.39 is 11.7 Å². The van der Waals surface area contributed by atoms with Gasteiger partial charge in [0.15, 0.2) is 0 Å². The zero-order chi connectivity index (χ0) is 16.2. The molecule has 1 N–H and O–H groups in total. The summed E-state index contributed by atoms with van der Waals surface area (Å²) in [7, 11) is 0. The van der Waals surface area contributed by atoms with Gasteiger partial charge in [-0.25, -0.2) is 0 Å². The van der Waals surface area contributed by atoms with Crippen LogP contribution in [0.25, 0.3) is 11.4 Å². The lowest BCUT2D eigenvalue weighted by atomic mass is 10.1. The number of hydrogen-bond acceptors (Lipinski definition) is 4. The van der Waals surface area contributed by atoms with E-state index in [0.717, 1.165) is 23.4 Å². The van der Waals surface area contributed by atoms with Crippen LogP contribution in [0.2, 0.25) is 0 Å². The minimum atomic E-state index is -4.44. The topological polar surface area (TPSA) is 72.7 Å². The van der Waals surface area contributed by atoms with Crippen molar-refractivity contribution in [3.8, 4) is 11.4 Å². The molecular formula is C13H14F3N5O. The third kappa shape index (κ3) is 4.03. The first kappa shape index (κ1) is 15.9. The smallest absolute Gasteiger partial charge is 0.354 e. The fourth-order valence-corrected chi connectivity index (χ4v) is 1.71. The number of aromatic nitrogens is 4. The Morgan fingerprint density at radius 2 is 2.14 bits per heavy atom. The molecule has 1 heterocycles. The van der Waals surface area contributed by atoms with Gasteiger partial charge in [-0.15, -0.1) is 10.2 Å². The number of carbonyl (C=O) groups is 1. The molecule has 22 heavy (non-hydrogen) atoms. The second kappa shape index (κ2) is 6.54. The van der Waals surface area contributed by atoms with E-state index in [-0.39, 0.29) is 23.8 Å². The molecule has 118 valence electrons. The fourth-order valence-electron chi connectivity index (χ4n) is 1.71. The van der Waals surface area contributed by atoms with Crippen LogP contribution in [0.4, 0.5) is 13.2 Å². The number of hydrogen-bond donors (Lipinski definition) is 1. The van der Waals surface area contributed by atoms with E-state index in [9.17, 15) is 18.0 Å². The van der Waals surface area contributed by atoms with E-state index in [0.29, 0.717) is 6.54 Å². The minimum Gasteiger partial charge on any atom is -0.354 e. The number of benzene rings is 1. The molecule has 0 fully saturated rings. The lowest BCUT2D eigenvalue weighted by molar-refractivity contribution is -0.137. The predicted molar refractivity (Wildman–Crippen MR) is 71.6 cm³/mol. The Labute approximate surface area is 124 Å². The Balaban J connectivity index is 2.13. The summed E-state index contributed by atoms with van der Waals surface area (Å²) in [5.41, 5.74) is -0.600. The van der Waals surface area contributed by atoms with Gasteiger partial charge in [-0.1, -0.05) is 19.1 Å². The van der Waals surface area contributed by atoms with Crippen LogP contribution < -0.4 is 5.32 Å². The van der Waals surface area contributed by atoms with Crippen molar-refractivity contribution in [1.82, 2.24) is 25.5 Å². The van der Waals surface area contributed by atoms with Crippen LogP contribution in [0.1, 0.15) is 18.9 Å². The Morgan fingerprint density at radius 3 is 2.82 bits per heavy atom. The molecule has 6 nitrogen and oxygen atoms in total. The van der Waals surface area contributed by atoms with Gasteiger partial charge in [-0.2, -0.15) is 18.0 Å². The number of alkyl halides is 3. The summed E-state index contributed by atoms with van der Waals surface area (Å²) in [4.78, 5) is 12.6. The number of carbonyl (C=O) groups excluding carboxylic acids is 1. The molecule has 0 atom stereocenters. The zero-order valence-corrected chi connectivity index (χ0v) is 11.8. The average Bonchev–Trinajstić information content (AvgIpc) is 2.93. The number of nitrogens with one attached hydrogen (secondary N) is 1. The molecule has 0 aliphatic rings. The molecule has 2 aromatic rings. The van der Waals surface area contributed by atoms with Crippen molar-refractivity contribution >= 4 is 5.91 Å². The molecule has 1 amide bonds. The molecule has 0 bridgehead atoms. The average molecular weight is 313 g/mol. The van der Waals surface area contributed by atoms with E-state index in [1.165, 1.54) is 12.1 Å². The van der Waals surface area contributed by atoms with Crippen molar-refractivity contribution in [3.05, 3.63) is 29.8 Å². The number of tetrazole rings is 1. The molecule has 0 aliphatic heterocycles. The zero-order valence-electron chi connectivity index (χ0n) is 11.8. The summed E-state index contributed by atoms with van der Waals surface area (Å²) < 4.78 is 38.0. The van der Waals surface area contributed by atoms with Gasteiger partial charge in [0.1, 0.15) is 6.54 Å². The second-order valence-corrected chi connectivity index (χ2v) is 4.57. The monoisotopic (exact) mass is 313 g/mol. The van der Waals surface area contributed by atoms with Gasteiger partial charge in [0.25, 0.3) is 0 Å². The molecule has 1 aromatic carbocycles. The van der Waals surface area contributed by atoms with Crippen LogP contribution in [0, 0.1) is 0 Å². The molecule has 0 unspecified atom stereocenters. The van der Waals surface area contributed by atoms with Crippen LogP contribution in [0.5, 0.6) is 0 Å². The molecule has 0 saturated carbocycles. The largest absolute Gasteiger partial charge is 0.416 e. The summed E-state index contributed by atoms with van der Waals surface area (Å²) in [5.74, 6) is -0.246. The van der Waals surface area contributed by atoms with Crippen LogP contribution in [0.3, 0.4) is 0 Å². The quantitative estimate of drug-likeness (QED) is 0.915. The molecule has 9 heteroatoms. The van der Waals surface area contributed by atoms with Gasteiger partial charge in [0, 0.05) is 12.1 Å². The van der Waals surface area contributed by atoms with E-state index >= 15 is 0 Å².